The summed E-state index contributed by atoms with van der Waals surface area (Å²) in [6.07, 6.45) is 4.45. The summed E-state index contributed by atoms with van der Waals surface area (Å²) < 4.78 is 5.83. The average molecular weight is 303 g/mol. The molecule has 3 aliphatic rings. The fourth-order valence-electron chi connectivity index (χ4n) is 3.27. The molecule has 1 amide bonds. The number of hydrogen-bond donors (Lipinski definition) is 3. The highest BCUT2D eigenvalue weighted by Gasteiger charge is 2.49. The van der Waals surface area contributed by atoms with E-state index in [4.69, 9.17) is 15.6 Å². The summed E-state index contributed by atoms with van der Waals surface area (Å²) >= 11 is 0. The zero-order valence-corrected chi connectivity index (χ0v) is 12.8. The molecule has 0 saturated carbocycles. The number of carbonyl (C=O) groups is 1. The lowest BCUT2D eigenvalue weighted by Gasteiger charge is -2.49. The van der Waals surface area contributed by atoms with Crippen LogP contribution in [0.4, 0.5) is 0 Å². The van der Waals surface area contributed by atoms with E-state index in [1.54, 1.807) is 24.8 Å². The van der Waals surface area contributed by atoms with E-state index in [1.165, 1.54) is 6.08 Å². The molecule has 2 fully saturated rings. The van der Waals surface area contributed by atoms with E-state index in [0.29, 0.717) is 24.3 Å². The third-order valence-electron chi connectivity index (χ3n) is 4.55. The highest BCUT2D eigenvalue weighted by Crippen LogP contribution is 2.39. The molecule has 2 heterocycles. The summed E-state index contributed by atoms with van der Waals surface area (Å²) in [5, 5.41) is 26.4. The van der Waals surface area contributed by atoms with Gasteiger partial charge in [0, 0.05) is 24.6 Å². The lowest BCUT2D eigenvalue weighted by molar-refractivity contribution is -0.150. The maximum Gasteiger partial charge on any atom is 0.223 e. The van der Waals surface area contributed by atoms with Gasteiger partial charge in [-0.15, -0.1) is 0 Å². The van der Waals surface area contributed by atoms with Crippen molar-refractivity contribution in [2.75, 3.05) is 6.54 Å². The second-order valence-corrected chi connectivity index (χ2v) is 6.58. The van der Waals surface area contributed by atoms with Crippen molar-refractivity contribution in [3.05, 3.63) is 23.5 Å². The average Bonchev–Trinajstić information content (AvgIpc) is 2.44. The fraction of sp³-hybridized carbons (Fsp3) is 0.562. The molecule has 22 heavy (non-hydrogen) atoms. The van der Waals surface area contributed by atoms with Crippen molar-refractivity contribution < 1.29 is 14.6 Å². The number of carbonyl (C=O) groups excluding carboxylic acids is 1. The summed E-state index contributed by atoms with van der Waals surface area (Å²) in [4.78, 5) is 14.0. The molecule has 0 aromatic rings. The molecule has 118 valence electrons. The Kier molecular flexibility index (Phi) is 3.44. The van der Waals surface area contributed by atoms with Gasteiger partial charge < -0.3 is 14.7 Å². The second kappa shape index (κ2) is 5.05. The molecule has 0 radical (unpaired) electrons. The summed E-state index contributed by atoms with van der Waals surface area (Å²) in [5.74, 6) is 0.514. The number of amides is 1. The highest BCUT2D eigenvalue weighted by molar-refractivity contribution is 6.49. The zero-order valence-electron chi connectivity index (χ0n) is 12.8. The third-order valence-corrected chi connectivity index (χ3v) is 4.55. The fourth-order valence-corrected chi connectivity index (χ4v) is 3.27. The van der Waals surface area contributed by atoms with Gasteiger partial charge in [-0.1, -0.05) is 0 Å². The first-order valence-corrected chi connectivity index (χ1v) is 7.59. The van der Waals surface area contributed by atoms with Gasteiger partial charge in [0.05, 0.1) is 17.5 Å². The molecule has 0 aromatic carbocycles. The molecule has 0 bridgehead atoms. The molecule has 6 nitrogen and oxygen atoms in total. The second-order valence-electron chi connectivity index (χ2n) is 6.58. The predicted octanol–water partition coefficient (Wildman–Crippen LogP) is 1.40. The van der Waals surface area contributed by atoms with Crippen LogP contribution in [0.25, 0.3) is 0 Å². The first kappa shape index (κ1) is 15.0. The number of ether oxygens (including phenoxy) is 1. The minimum Gasteiger partial charge on any atom is -0.485 e. The SMILES string of the molecule is CC1(C)OC2=CC(=N)C(=N)C=C2[C@@H](N2CCCCC2=O)[C@@H]1O. The quantitative estimate of drug-likeness (QED) is 0.639. The van der Waals surface area contributed by atoms with Crippen molar-refractivity contribution in [1.29, 1.82) is 10.8 Å². The van der Waals surface area contributed by atoms with Gasteiger partial charge in [0.25, 0.3) is 0 Å². The van der Waals surface area contributed by atoms with Crippen LogP contribution >= 0.6 is 0 Å². The Morgan fingerprint density at radius 2 is 1.95 bits per heavy atom. The topological polar surface area (TPSA) is 97.5 Å². The van der Waals surface area contributed by atoms with Crippen LogP contribution in [0, 0.1) is 10.8 Å². The summed E-state index contributed by atoms with van der Waals surface area (Å²) in [6.45, 7) is 4.16. The van der Waals surface area contributed by atoms with Crippen LogP contribution < -0.4 is 0 Å². The number of aliphatic hydroxyl groups is 1. The van der Waals surface area contributed by atoms with E-state index >= 15 is 0 Å². The number of likely N-dealkylation sites (tertiary alicyclic amines) is 1. The molecule has 0 unspecified atom stereocenters. The number of fused-ring (bicyclic) bond motifs is 1. The molecule has 2 saturated heterocycles. The standard InChI is InChI=1S/C16H21N3O3/c1-16(2)15(21)14(19-6-4-3-5-13(19)20)9-7-10(17)11(18)8-12(9)22-16/h7-8,14-15,17-18,21H,3-6H2,1-2H3/t14-,15+/m1/s1. The predicted molar refractivity (Wildman–Crippen MR) is 82.1 cm³/mol. The molecule has 6 heteroatoms. The number of nitrogens with zero attached hydrogens (tertiary/aromatic N) is 1. The molecule has 1 aliphatic carbocycles. The van der Waals surface area contributed by atoms with E-state index in [9.17, 15) is 9.90 Å². The Hall–Kier alpha value is -1.95. The first-order valence-electron chi connectivity index (χ1n) is 7.59. The van der Waals surface area contributed by atoms with Crippen molar-refractivity contribution in [2.24, 2.45) is 0 Å². The maximum atomic E-state index is 12.3. The van der Waals surface area contributed by atoms with Crippen molar-refractivity contribution in [3.8, 4) is 0 Å². The number of piperidine rings is 1. The summed E-state index contributed by atoms with van der Waals surface area (Å²) in [6, 6.07) is -0.517. The van der Waals surface area contributed by atoms with Crippen molar-refractivity contribution in [3.63, 3.8) is 0 Å². The molecular formula is C16H21N3O3. The van der Waals surface area contributed by atoms with E-state index in [0.717, 1.165) is 12.8 Å². The monoisotopic (exact) mass is 303 g/mol. The maximum absolute atomic E-state index is 12.3. The lowest BCUT2D eigenvalue weighted by atomic mass is 9.81. The van der Waals surface area contributed by atoms with Crippen molar-refractivity contribution in [1.82, 2.24) is 4.90 Å². The van der Waals surface area contributed by atoms with Crippen LogP contribution in [-0.4, -0.2) is 51.6 Å². The minimum atomic E-state index is -0.877. The van der Waals surface area contributed by atoms with Gasteiger partial charge in [-0.05, 0) is 32.8 Å². The number of aliphatic hydroxyl groups excluding tert-OH is 1. The van der Waals surface area contributed by atoms with Gasteiger partial charge >= 0.3 is 0 Å². The highest BCUT2D eigenvalue weighted by atomic mass is 16.5. The molecular weight excluding hydrogens is 282 g/mol. The van der Waals surface area contributed by atoms with Crippen LogP contribution in [0.5, 0.6) is 0 Å². The van der Waals surface area contributed by atoms with E-state index in [2.05, 4.69) is 0 Å². The molecule has 3 N–H and O–H groups in total. The van der Waals surface area contributed by atoms with Gasteiger partial charge in [-0.25, -0.2) is 0 Å². The smallest absolute Gasteiger partial charge is 0.223 e. The molecule has 3 rings (SSSR count). The molecule has 0 aromatic heterocycles. The normalized spacial score (nSPS) is 31.2. The Bertz CT molecular complexity index is 618. The largest absolute Gasteiger partial charge is 0.485 e. The molecule has 2 aliphatic heterocycles. The van der Waals surface area contributed by atoms with Gasteiger partial charge in [-0.3, -0.25) is 15.6 Å². The van der Waals surface area contributed by atoms with Crippen LogP contribution in [0.15, 0.2) is 23.5 Å². The Labute approximate surface area is 129 Å². The van der Waals surface area contributed by atoms with Gasteiger partial charge in [0.15, 0.2) is 0 Å². The van der Waals surface area contributed by atoms with Gasteiger partial charge in [-0.2, -0.15) is 0 Å². The first-order chi connectivity index (χ1) is 10.3. The van der Waals surface area contributed by atoms with E-state index in [1.807, 2.05) is 0 Å². The van der Waals surface area contributed by atoms with Crippen LogP contribution in [0.3, 0.4) is 0 Å². The van der Waals surface area contributed by atoms with Gasteiger partial charge in [0.2, 0.25) is 5.91 Å². The Morgan fingerprint density at radius 3 is 2.64 bits per heavy atom. The number of allylic oxidation sites excluding steroid dienone is 2. The lowest BCUT2D eigenvalue weighted by Crippen LogP contribution is -2.60. The van der Waals surface area contributed by atoms with E-state index < -0.39 is 17.7 Å². The number of rotatable bonds is 1. The summed E-state index contributed by atoms with van der Waals surface area (Å²) in [7, 11) is 0. The molecule has 0 spiro atoms. The zero-order chi connectivity index (χ0) is 16.1. The Morgan fingerprint density at radius 1 is 1.27 bits per heavy atom. The number of nitrogens with one attached hydrogen (secondary N) is 2. The summed E-state index contributed by atoms with van der Waals surface area (Å²) in [5.41, 5.74) is -0.0767. The van der Waals surface area contributed by atoms with Crippen LogP contribution in [-0.2, 0) is 9.53 Å². The van der Waals surface area contributed by atoms with Gasteiger partial charge in [0.1, 0.15) is 17.5 Å². The minimum absolute atomic E-state index is 0.0282. The van der Waals surface area contributed by atoms with Crippen molar-refractivity contribution in [2.45, 2.75) is 50.9 Å². The Balaban J connectivity index is 2.06. The van der Waals surface area contributed by atoms with Crippen LogP contribution in [0.1, 0.15) is 33.1 Å². The van der Waals surface area contributed by atoms with E-state index in [-0.39, 0.29) is 17.3 Å². The van der Waals surface area contributed by atoms with Crippen LogP contribution in [0.2, 0.25) is 0 Å². The molecule has 2 atom stereocenters. The third kappa shape index (κ3) is 2.27. The number of hydrogen-bond acceptors (Lipinski definition) is 5. The van der Waals surface area contributed by atoms with Crippen molar-refractivity contribution >= 4 is 17.3 Å².